The summed E-state index contributed by atoms with van der Waals surface area (Å²) in [6.07, 6.45) is 0.677. The van der Waals surface area contributed by atoms with Gasteiger partial charge < -0.3 is 9.64 Å². The molecule has 0 saturated carbocycles. The zero-order valence-corrected chi connectivity index (χ0v) is 15.8. The van der Waals surface area contributed by atoms with Crippen LogP contribution in [0.3, 0.4) is 0 Å². The molecule has 0 aliphatic carbocycles. The number of piperazine rings is 1. The Morgan fingerprint density at radius 3 is 2.19 bits per heavy atom. The fraction of sp³-hybridized carbons (Fsp3) is 0.364. The predicted molar refractivity (Wildman–Crippen MR) is 105 cm³/mol. The van der Waals surface area contributed by atoms with Crippen LogP contribution in [0.2, 0.25) is 0 Å². The molecule has 1 amide bonds. The van der Waals surface area contributed by atoms with Crippen molar-refractivity contribution < 1.29 is 14.3 Å². The van der Waals surface area contributed by atoms with Gasteiger partial charge in [0.2, 0.25) is 0 Å². The van der Waals surface area contributed by atoms with Crippen LogP contribution in [0.5, 0.6) is 0 Å². The van der Waals surface area contributed by atoms with Gasteiger partial charge in [0.05, 0.1) is 6.54 Å². The van der Waals surface area contributed by atoms with E-state index < -0.39 is 0 Å². The van der Waals surface area contributed by atoms with Gasteiger partial charge in [0.15, 0.2) is 5.78 Å². The number of aryl methyl sites for hydroxylation is 1. The summed E-state index contributed by atoms with van der Waals surface area (Å²) in [5.41, 5.74) is 2.95. The van der Waals surface area contributed by atoms with Crippen LogP contribution in [0.1, 0.15) is 28.4 Å². The normalized spacial score (nSPS) is 14.8. The third-order valence-electron chi connectivity index (χ3n) is 4.89. The van der Waals surface area contributed by atoms with Crippen LogP contribution in [0.25, 0.3) is 0 Å². The van der Waals surface area contributed by atoms with Gasteiger partial charge in [0.1, 0.15) is 6.61 Å². The lowest BCUT2D eigenvalue weighted by atomic mass is 10.1. The fourth-order valence-corrected chi connectivity index (χ4v) is 3.12. The molecule has 2 aromatic carbocycles. The molecule has 0 bridgehead atoms. The van der Waals surface area contributed by atoms with Crippen LogP contribution >= 0.6 is 0 Å². The van der Waals surface area contributed by atoms with Crippen LogP contribution in [0.15, 0.2) is 54.6 Å². The number of hydrogen-bond donors (Lipinski definition) is 0. The minimum atomic E-state index is -0.292. The summed E-state index contributed by atoms with van der Waals surface area (Å²) in [7, 11) is 0. The molecule has 0 unspecified atom stereocenters. The number of ether oxygens (including phenoxy) is 1. The Hall–Kier alpha value is -2.66. The number of rotatable bonds is 6. The molecule has 1 heterocycles. The van der Waals surface area contributed by atoms with E-state index in [0.717, 1.165) is 17.5 Å². The Labute approximate surface area is 160 Å². The number of carbonyl (C=O) groups is 2. The Morgan fingerprint density at radius 1 is 0.889 bits per heavy atom. The maximum atomic E-state index is 12.4. The zero-order chi connectivity index (χ0) is 19.1. The molecule has 142 valence electrons. The van der Waals surface area contributed by atoms with Gasteiger partial charge >= 0.3 is 6.09 Å². The lowest BCUT2D eigenvalue weighted by molar-refractivity contribution is 0.0678. The molecule has 5 heteroatoms. The van der Waals surface area contributed by atoms with Gasteiger partial charge in [-0.2, -0.15) is 0 Å². The smallest absolute Gasteiger partial charge is 0.410 e. The van der Waals surface area contributed by atoms with Crippen LogP contribution in [-0.4, -0.2) is 54.4 Å². The summed E-state index contributed by atoms with van der Waals surface area (Å²) in [6.45, 7) is 5.29. The first-order chi connectivity index (χ1) is 13.2. The van der Waals surface area contributed by atoms with Crippen molar-refractivity contribution in [2.45, 2.75) is 20.0 Å². The Kier molecular flexibility index (Phi) is 6.60. The highest BCUT2D eigenvalue weighted by Crippen LogP contribution is 2.10. The molecular weight excluding hydrogens is 340 g/mol. The lowest BCUT2D eigenvalue weighted by Crippen LogP contribution is -2.50. The maximum absolute atomic E-state index is 12.4. The first kappa shape index (κ1) is 19.1. The van der Waals surface area contributed by atoms with Crippen molar-refractivity contribution >= 4 is 11.9 Å². The number of amides is 1. The van der Waals surface area contributed by atoms with E-state index in [1.165, 1.54) is 5.56 Å². The second-order valence-electron chi connectivity index (χ2n) is 6.78. The van der Waals surface area contributed by atoms with Crippen molar-refractivity contribution in [1.82, 2.24) is 9.80 Å². The first-order valence-corrected chi connectivity index (χ1v) is 9.46. The molecule has 0 N–H and O–H groups in total. The highest BCUT2D eigenvalue weighted by atomic mass is 16.6. The molecule has 2 aromatic rings. The van der Waals surface area contributed by atoms with Crippen molar-refractivity contribution in [3.63, 3.8) is 0 Å². The van der Waals surface area contributed by atoms with Gasteiger partial charge in [-0.15, -0.1) is 0 Å². The van der Waals surface area contributed by atoms with Crippen molar-refractivity contribution in [3.8, 4) is 0 Å². The second kappa shape index (κ2) is 9.33. The minimum absolute atomic E-state index is 0.123. The van der Waals surface area contributed by atoms with E-state index in [2.05, 4.69) is 11.8 Å². The van der Waals surface area contributed by atoms with E-state index in [4.69, 9.17) is 4.74 Å². The highest BCUT2D eigenvalue weighted by Gasteiger charge is 2.23. The fourth-order valence-electron chi connectivity index (χ4n) is 3.12. The molecule has 5 nitrogen and oxygen atoms in total. The molecule has 3 rings (SSSR count). The summed E-state index contributed by atoms with van der Waals surface area (Å²) in [4.78, 5) is 28.4. The first-order valence-electron chi connectivity index (χ1n) is 9.46. The number of Topliss-reactive ketones (excluding diaryl/α,β-unsaturated/α-hetero) is 1. The molecule has 0 spiro atoms. The van der Waals surface area contributed by atoms with E-state index in [1.54, 1.807) is 4.90 Å². The second-order valence-corrected chi connectivity index (χ2v) is 6.78. The number of nitrogens with zero attached hydrogens (tertiary/aromatic N) is 2. The Bertz CT molecular complexity index is 751. The van der Waals surface area contributed by atoms with Crippen LogP contribution in [0, 0.1) is 0 Å². The SMILES string of the molecule is CCc1ccc(C(=O)CN2CCN(C(=O)OCc3ccccc3)CC2)cc1. The van der Waals surface area contributed by atoms with E-state index in [0.29, 0.717) is 32.7 Å². The summed E-state index contributed by atoms with van der Waals surface area (Å²) in [6, 6.07) is 17.5. The predicted octanol–water partition coefficient (Wildman–Crippen LogP) is 3.39. The van der Waals surface area contributed by atoms with Gasteiger partial charge in [-0.3, -0.25) is 9.69 Å². The van der Waals surface area contributed by atoms with E-state index in [1.807, 2.05) is 54.6 Å². The Balaban J connectivity index is 1.42. The average Bonchev–Trinajstić information content (AvgIpc) is 2.73. The lowest BCUT2D eigenvalue weighted by Gasteiger charge is -2.33. The summed E-state index contributed by atoms with van der Waals surface area (Å²) in [5, 5.41) is 0. The van der Waals surface area contributed by atoms with Gasteiger partial charge in [0, 0.05) is 31.7 Å². The van der Waals surface area contributed by atoms with Crippen LogP contribution < -0.4 is 0 Å². The van der Waals surface area contributed by atoms with Crippen LogP contribution in [-0.2, 0) is 17.8 Å². The van der Waals surface area contributed by atoms with E-state index in [9.17, 15) is 9.59 Å². The van der Waals surface area contributed by atoms with E-state index in [-0.39, 0.29) is 18.5 Å². The quantitative estimate of drug-likeness (QED) is 0.736. The molecule has 0 atom stereocenters. The van der Waals surface area contributed by atoms with Gasteiger partial charge in [-0.05, 0) is 17.5 Å². The number of benzene rings is 2. The average molecular weight is 366 g/mol. The van der Waals surface area contributed by atoms with Crippen molar-refractivity contribution in [1.29, 1.82) is 0 Å². The molecule has 1 fully saturated rings. The molecule has 27 heavy (non-hydrogen) atoms. The van der Waals surface area contributed by atoms with Crippen LogP contribution in [0.4, 0.5) is 4.79 Å². The largest absolute Gasteiger partial charge is 0.445 e. The highest BCUT2D eigenvalue weighted by molar-refractivity contribution is 5.97. The van der Waals surface area contributed by atoms with Gasteiger partial charge in [-0.1, -0.05) is 61.5 Å². The van der Waals surface area contributed by atoms with Crippen molar-refractivity contribution in [2.24, 2.45) is 0 Å². The molecule has 1 aliphatic heterocycles. The minimum Gasteiger partial charge on any atom is -0.445 e. The third kappa shape index (κ3) is 5.41. The van der Waals surface area contributed by atoms with Gasteiger partial charge in [-0.25, -0.2) is 4.79 Å². The molecule has 0 radical (unpaired) electrons. The number of hydrogen-bond acceptors (Lipinski definition) is 4. The molecule has 0 aromatic heterocycles. The van der Waals surface area contributed by atoms with Crippen molar-refractivity contribution in [2.75, 3.05) is 32.7 Å². The topological polar surface area (TPSA) is 49.9 Å². The standard InChI is InChI=1S/C22H26N2O3/c1-2-18-8-10-20(11-9-18)21(25)16-23-12-14-24(15-13-23)22(26)27-17-19-6-4-3-5-7-19/h3-11H,2,12-17H2,1H3. The van der Waals surface area contributed by atoms with Gasteiger partial charge in [0.25, 0.3) is 0 Å². The Morgan fingerprint density at radius 2 is 1.56 bits per heavy atom. The molecule has 1 aliphatic rings. The number of carbonyl (C=O) groups excluding carboxylic acids is 2. The monoisotopic (exact) mass is 366 g/mol. The molecular formula is C22H26N2O3. The maximum Gasteiger partial charge on any atom is 0.410 e. The summed E-state index contributed by atoms with van der Waals surface area (Å²) < 4.78 is 5.38. The van der Waals surface area contributed by atoms with E-state index >= 15 is 0 Å². The zero-order valence-electron chi connectivity index (χ0n) is 15.8. The summed E-state index contributed by atoms with van der Waals surface area (Å²) >= 11 is 0. The molecule has 1 saturated heterocycles. The third-order valence-corrected chi connectivity index (χ3v) is 4.89. The van der Waals surface area contributed by atoms with Crippen molar-refractivity contribution in [3.05, 3.63) is 71.3 Å². The summed E-state index contributed by atoms with van der Waals surface area (Å²) in [5.74, 6) is 0.123. The number of ketones is 1.